The molecule has 0 spiro atoms. The molecule has 94 valence electrons. The van der Waals surface area contributed by atoms with E-state index in [4.69, 9.17) is 16.3 Å². The molecular weight excluding hydrogens is 365 g/mol. The van der Waals surface area contributed by atoms with Gasteiger partial charge in [0, 0.05) is 24.4 Å². The van der Waals surface area contributed by atoms with Crippen LogP contribution in [0, 0.1) is 3.57 Å². The summed E-state index contributed by atoms with van der Waals surface area (Å²) in [5.41, 5.74) is 0.788. The molecule has 1 aromatic carbocycles. The van der Waals surface area contributed by atoms with Crippen molar-refractivity contribution >= 4 is 45.1 Å². The fraction of sp³-hybridized carbons (Fsp3) is 0.308. The van der Waals surface area contributed by atoms with Crippen molar-refractivity contribution in [2.45, 2.75) is 25.0 Å². The Morgan fingerprint density at radius 2 is 2.22 bits per heavy atom. The summed E-state index contributed by atoms with van der Waals surface area (Å²) >= 11 is 8.40. The smallest absolute Gasteiger partial charge is 0.159 e. The maximum absolute atomic E-state index is 9.30. The summed E-state index contributed by atoms with van der Waals surface area (Å²) < 4.78 is 6.88. The number of ether oxygens (including phenoxy) is 1. The van der Waals surface area contributed by atoms with Crippen LogP contribution in [0.3, 0.4) is 0 Å². The standard InChI is InChI=1S/C13H11ClINO2/c14-10-6-11(15)13(18-8-4-7(17)5-8)12-9(10)2-1-3-16-12/h1-3,6-8,17H,4-5H2. The number of hydrogen-bond acceptors (Lipinski definition) is 3. The van der Waals surface area contributed by atoms with Gasteiger partial charge in [-0.3, -0.25) is 4.98 Å². The molecule has 0 radical (unpaired) electrons. The number of hydrogen-bond donors (Lipinski definition) is 1. The van der Waals surface area contributed by atoms with E-state index in [1.54, 1.807) is 6.20 Å². The van der Waals surface area contributed by atoms with Crippen molar-refractivity contribution in [3.63, 3.8) is 0 Å². The van der Waals surface area contributed by atoms with Crippen molar-refractivity contribution < 1.29 is 9.84 Å². The van der Waals surface area contributed by atoms with Gasteiger partial charge < -0.3 is 9.84 Å². The average Bonchev–Trinajstić information content (AvgIpc) is 2.32. The van der Waals surface area contributed by atoms with Gasteiger partial charge in [0.25, 0.3) is 0 Å². The second-order valence-electron chi connectivity index (χ2n) is 4.43. The van der Waals surface area contributed by atoms with Crippen LogP contribution in [0.5, 0.6) is 5.75 Å². The lowest BCUT2D eigenvalue weighted by molar-refractivity contribution is -0.0105. The van der Waals surface area contributed by atoms with Crippen molar-refractivity contribution in [2.75, 3.05) is 0 Å². The van der Waals surface area contributed by atoms with Crippen molar-refractivity contribution in [2.24, 2.45) is 0 Å². The van der Waals surface area contributed by atoms with Crippen molar-refractivity contribution in [1.82, 2.24) is 4.98 Å². The lowest BCUT2D eigenvalue weighted by Crippen LogP contribution is -2.37. The van der Waals surface area contributed by atoms with E-state index in [9.17, 15) is 5.11 Å². The first kappa shape index (κ1) is 12.4. The monoisotopic (exact) mass is 375 g/mol. The Morgan fingerprint density at radius 1 is 1.44 bits per heavy atom. The van der Waals surface area contributed by atoms with Crippen molar-refractivity contribution in [3.05, 3.63) is 33.0 Å². The largest absolute Gasteiger partial charge is 0.487 e. The molecule has 2 aromatic rings. The molecular formula is C13H11ClINO2. The third kappa shape index (κ3) is 2.17. The summed E-state index contributed by atoms with van der Waals surface area (Å²) in [4.78, 5) is 4.36. The molecule has 3 nitrogen and oxygen atoms in total. The maximum Gasteiger partial charge on any atom is 0.159 e. The Kier molecular flexibility index (Phi) is 3.34. The van der Waals surface area contributed by atoms with Crippen LogP contribution in [-0.2, 0) is 0 Å². The first-order valence-electron chi connectivity index (χ1n) is 5.72. The van der Waals surface area contributed by atoms with Crippen molar-refractivity contribution in [1.29, 1.82) is 0 Å². The van der Waals surface area contributed by atoms with Crippen LogP contribution in [0.1, 0.15) is 12.8 Å². The van der Waals surface area contributed by atoms with Crippen LogP contribution < -0.4 is 4.74 Å². The topological polar surface area (TPSA) is 42.4 Å². The van der Waals surface area contributed by atoms with Gasteiger partial charge in [-0.2, -0.15) is 0 Å². The molecule has 1 aromatic heterocycles. The molecule has 1 saturated carbocycles. The van der Waals surface area contributed by atoms with Crippen LogP contribution in [0.15, 0.2) is 24.4 Å². The Hall–Kier alpha value is -0.590. The lowest BCUT2D eigenvalue weighted by Gasteiger charge is -2.32. The molecule has 0 amide bonds. The molecule has 0 saturated heterocycles. The lowest BCUT2D eigenvalue weighted by atomic mass is 9.92. The van der Waals surface area contributed by atoms with E-state index in [0.29, 0.717) is 17.9 Å². The molecule has 0 aliphatic heterocycles. The minimum absolute atomic E-state index is 0.0832. The van der Waals surface area contributed by atoms with E-state index < -0.39 is 0 Å². The zero-order valence-electron chi connectivity index (χ0n) is 9.44. The molecule has 0 atom stereocenters. The SMILES string of the molecule is OC1CC(Oc2c(I)cc(Cl)c3cccnc23)C1. The summed E-state index contributed by atoms with van der Waals surface area (Å²) in [7, 11) is 0. The highest BCUT2D eigenvalue weighted by Gasteiger charge is 2.30. The highest BCUT2D eigenvalue weighted by atomic mass is 127. The highest BCUT2D eigenvalue weighted by Crippen LogP contribution is 2.37. The second kappa shape index (κ2) is 4.83. The quantitative estimate of drug-likeness (QED) is 0.818. The fourth-order valence-corrected chi connectivity index (χ4v) is 3.20. The number of benzene rings is 1. The number of aromatic nitrogens is 1. The Labute approximate surface area is 123 Å². The number of nitrogens with zero attached hydrogens (tertiary/aromatic N) is 1. The number of rotatable bonds is 2. The molecule has 1 N–H and O–H groups in total. The predicted molar refractivity (Wildman–Crippen MR) is 79.1 cm³/mol. The summed E-state index contributed by atoms with van der Waals surface area (Å²) in [6.45, 7) is 0. The normalized spacial score (nSPS) is 22.8. The minimum atomic E-state index is -0.223. The van der Waals surface area contributed by atoms with Crippen molar-refractivity contribution in [3.8, 4) is 5.75 Å². The van der Waals surface area contributed by atoms with Crippen LogP contribution in [0.4, 0.5) is 0 Å². The number of halogens is 2. The third-order valence-corrected chi connectivity index (χ3v) is 4.22. The predicted octanol–water partition coefficient (Wildman–Crippen LogP) is 3.39. The zero-order valence-corrected chi connectivity index (χ0v) is 12.4. The minimum Gasteiger partial charge on any atom is -0.487 e. The molecule has 1 aliphatic rings. The molecule has 5 heteroatoms. The Balaban J connectivity index is 2.04. The van der Waals surface area contributed by atoms with Gasteiger partial charge in [-0.1, -0.05) is 11.6 Å². The fourth-order valence-electron chi connectivity index (χ4n) is 2.06. The van der Waals surface area contributed by atoms with E-state index >= 15 is 0 Å². The number of aliphatic hydroxyl groups excluding tert-OH is 1. The van der Waals surface area contributed by atoms with Crippen LogP contribution in [0.2, 0.25) is 5.02 Å². The van der Waals surface area contributed by atoms with E-state index in [1.165, 1.54) is 0 Å². The van der Waals surface area contributed by atoms with Gasteiger partial charge in [-0.05, 0) is 40.8 Å². The molecule has 1 aliphatic carbocycles. The van der Waals surface area contributed by atoms with Crippen LogP contribution >= 0.6 is 34.2 Å². The van der Waals surface area contributed by atoms with Gasteiger partial charge >= 0.3 is 0 Å². The van der Waals surface area contributed by atoms with E-state index in [1.807, 2.05) is 18.2 Å². The Bertz CT molecular complexity index is 599. The first-order chi connectivity index (χ1) is 8.65. The zero-order chi connectivity index (χ0) is 12.7. The summed E-state index contributed by atoms with van der Waals surface area (Å²) in [6.07, 6.45) is 2.97. The molecule has 3 rings (SSSR count). The van der Waals surface area contributed by atoms with E-state index in [0.717, 1.165) is 20.2 Å². The summed E-state index contributed by atoms with van der Waals surface area (Å²) in [5.74, 6) is 0.771. The van der Waals surface area contributed by atoms with E-state index in [2.05, 4.69) is 27.6 Å². The average molecular weight is 376 g/mol. The van der Waals surface area contributed by atoms with Gasteiger partial charge in [0.15, 0.2) is 5.75 Å². The molecule has 1 heterocycles. The van der Waals surface area contributed by atoms with E-state index in [-0.39, 0.29) is 12.2 Å². The summed E-state index contributed by atoms with van der Waals surface area (Å²) in [5, 5.41) is 10.9. The third-order valence-electron chi connectivity index (χ3n) is 3.10. The van der Waals surface area contributed by atoms with Crippen LogP contribution in [0.25, 0.3) is 10.9 Å². The second-order valence-corrected chi connectivity index (χ2v) is 6.00. The van der Waals surface area contributed by atoms with Gasteiger partial charge in [0.05, 0.1) is 14.7 Å². The van der Waals surface area contributed by atoms with Gasteiger partial charge in [-0.15, -0.1) is 0 Å². The maximum atomic E-state index is 9.30. The highest BCUT2D eigenvalue weighted by molar-refractivity contribution is 14.1. The summed E-state index contributed by atoms with van der Waals surface area (Å²) in [6, 6.07) is 5.68. The number of aliphatic hydroxyl groups is 1. The van der Waals surface area contributed by atoms with Gasteiger partial charge in [0.1, 0.15) is 11.6 Å². The molecule has 0 unspecified atom stereocenters. The number of fused-ring (bicyclic) bond motifs is 1. The Morgan fingerprint density at radius 3 is 2.94 bits per heavy atom. The van der Waals surface area contributed by atoms with Gasteiger partial charge in [0.2, 0.25) is 0 Å². The molecule has 0 bridgehead atoms. The van der Waals surface area contributed by atoms with Crippen LogP contribution in [-0.4, -0.2) is 22.3 Å². The molecule has 1 fully saturated rings. The first-order valence-corrected chi connectivity index (χ1v) is 7.18. The molecule has 18 heavy (non-hydrogen) atoms. The number of pyridine rings is 1. The van der Waals surface area contributed by atoms with Gasteiger partial charge in [-0.25, -0.2) is 0 Å².